The van der Waals surface area contributed by atoms with Gasteiger partial charge in [0.05, 0.1) is 6.42 Å². The molecular weight excluding hydrogens is 386 g/mol. The van der Waals surface area contributed by atoms with Gasteiger partial charge in [0, 0.05) is 41.6 Å². The molecule has 0 saturated heterocycles. The van der Waals surface area contributed by atoms with E-state index in [2.05, 4.69) is 4.98 Å². The summed E-state index contributed by atoms with van der Waals surface area (Å²) in [6.07, 6.45) is 3.30. The third kappa shape index (κ3) is 2.88. The molecule has 2 aromatic heterocycles. The van der Waals surface area contributed by atoms with E-state index in [9.17, 15) is 19.8 Å². The van der Waals surface area contributed by atoms with Crippen molar-refractivity contribution in [1.29, 1.82) is 0 Å². The molecule has 1 aliphatic heterocycles. The number of aromatic nitrogens is 1. The van der Waals surface area contributed by atoms with Crippen LogP contribution in [0.1, 0.15) is 23.5 Å². The summed E-state index contributed by atoms with van der Waals surface area (Å²) in [7, 11) is 0. The Morgan fingerprint density at radius 2 is 1.70 bits per heavy atom. The molecule has 0 amide bonds. The summed E-state index contributed by atoms with van der Waals surface area (Å²) < 4.78 is 11.5. The van der Waals surface area contributed by atoms with Crippen LogP contribution in [0.15, 0.2) is 70.1 Å². The quantitative estimate of drug-likeness (QED) is 0.389. The molecule has 4 aromatic rings. The van der Waals surface area contributed by atoms with Crippen LogP contribution in [0.3, 0.4) is 0 Å². The standard InChI is InChI=1S/C23H15NO6/c25-14-3-1-13(2-4-14)18-10-16(26)22-17(27)11-19-21(23(22)30-18)15(9-20(28)29-19)12-5-7-24-8-6-12/h1-8,10-11,15,25,27H,9H2/t15-/m0/s1. The van der Waals surface area contributed by atoms with Gasteiger partial charge in [0.2, 0.25) is 0 Å². The maximum absolute atomic E-state index is 12.9. The van der Waals surface area contributed by atoms with E-state index in [0.29, 0.717) is 11.1 Å². The SMILES string of the molecule is O=C1C[C@@H](c2ccncc2)c2c(cc(O)c3c(=O)cc(-c4ccc(O)cc4)oc23)O1. The smallest absolute Gasteiger partial charge is 0.312 e. The fourth-order valence-corrected chi connectivity index (χ4v) is 3.81. The average molecular weight is 401 g/mol. The van der Waals surface area contributed by atoms with Crippen LogP contribution in [0, 0.1) is 0 Å². The molecular formula is C23H15NO6. The van der Waals surface area contributed by atoms with Gasteiger partial charge in [0.1, 0.15) is 34.0 Å². The summed E-state index contributed by atoms with van der Waals surface area (Å²) in [6, 6.07) is 12.3. The highest BCUT2D eigenvalue weighted by Crippen LogP contribution is 2.45. The van der Waals surface area contributed by atoms with Crippen LogP contribution < -0.4 is 10.2 Å². The molecule has 7 heteroatoms. The monoisotopic (exact) mass is 401 g/mol. The Hall–Kier alpha value is -4.13. The third-order valence-electron chi connectivity index (χ3n) is 5.19. The Balaban J connectivity index is 1.83. The summed E-state index contributed by atoms with van der Waals surface area (Å²) >= 11 is 0. The molecule has 0 bridgehead atoms. The van der Waals surface area contributed by atoms with Crippen molar-refractivity contribution in [3.63, 3.8) is 0 Å². The number of pyridine rings is 1. The lowest BCUT2D eigenvalue weighted by Gasteiger charge is -2.26. The molecule has 0 spiro atoms. The predicted molar refractivity (Wildman–Crippen MR) is 108 cm³/mol. The molecule has 2 aromatic carbocycles. The molecule has 0 aliphatic carbocycles. The van der Waals surface area contributed by atoms with E-state index >= 15 is 0 Å². The molecule has 2 N–H and O–H groups in total. The zero-order chi connectivity index (χ0) is 20.8. The highest BCUT2D eigenvalue weighted by molar-refractivity contribution is 5.93. The van der Waals surface area contributed by atoms with E-state index in [1.165, 1.54) is 24.3 Å². The molecule has 3 heterocycles. The van der Waals surface area contributed by atoms with Crippen LogP contribution in [0.2, 0.25) is 0 Å². The number of phenols is 2. The molecule has 0 fully saturated rings. The van der Waals surface area contributed by atoms with Crippen molar-refractivity contribution in [3.05, 3.63) is 82.3 Å². The van der Waals surface area contributed by atoms with E-state index in [-0.39, 0.29) is 40.4 Å². The minimum atomic E-state index is -0.444. The Bertz CT molecular complexity index is 1340. The first-order chi connectivity index (χ1) is 14.5. The first kappa shape index (κ1) is 17.9. The van der Waals surface area contributed by atoms with Gasteiger partial charge in [0.15, 0.2) is 5.43 Å². The van der Waals surface area contributed by atoms with Crippen molar-refractivity contribution in [1.82, 2.24) is 4.98 Å². The zero-order valence-corrected chi connectivity index (χ0v) is 15.5. The van der Waals surface area contributed by atoms with Gasteiger partial charge in [-0.15, -0.1) is 0 Å². The lowest BCUT2D eigenvalue weighted by atomic mass is 9.85. The van der Waals surface area contributed by atoms with Gasteiger partial charge in [-0.3, -0.25) is 14.6 Å². The van der Waals surface area contributed by atoms with Gasteiger partial charge in [-0.05, 0) is 42.0 Å². The fourth-order valence-electron chi connectivity index (χ4n) is 3.81. The molecule has 30 heavy (non-hydrogen) atoms. The molecule has 1 aliphatic rings. The van der Waals surface area contributed by atoms with Gasteiger partial charge in [-0.2, -0.15) is 0 Å². The number of hydrogen-bond donors (Lipinski definition) is 2. The fraction of sp³-hybridized carbons (Fsp3) is 0.0870. The average Bonchev–Trinajstić information content (AvgIpc) is 2.73. The van der Waals surface area contributed by atoms with E-state index in [4.69, 9.17) is 9.15 Å². The van der Waals surface area contributed by atoms with Crippen molar-refractivity contribution in [3.8, 4) is 28.6 Å². The highest BCUT2D eigenvalue weighted by Gasteiger charge is 2.33. The number of ether oxygens (including phenoxy) is 1. The number of phenolic OH excluding ortho intramolecular Hbond substituents is 2. The topological polar surface area (TPSA) is 110 Å². The van der Waals surface area contributed by atoms with Crippen LogP contribution in [0.5, 0.6) is 17.2 Å². The van der Waals surface area contributed by atoms with Gasteiger partial charge in [0.25, 0.3) is 0 Å². The van der Waals surface area contributed by atoms with Crippen LogP contribution in [-0.2, 0) is 4.79 Å². The molecule has 0 saturated carbocycles. The van der Waals surface area contributed by atoms with E-state index in [0.717, 1.165) is 5.56 Å². The first-order valence-corrected chi connectivity index (χ1v) is 9.25. The molecule has 148 valence electrons. The second-order valence-electron chi connectivity index (χ2n) is 7.04. The van der Waals surface area contributed by atoms with Crippen LogP contribution >= 0.6 is 0 Å². The number of esters is 1. The predicted octanol–water partition coefficient (Wildman–Crippen LogP) is 3.71. The van der Waals surface area contributed by atoms with Crippen LogP contribution in [-0.4, -0.2) is 21.2 Å². The van der Waals surface area contributed by atoms with Crippen molar-refractivity contribution in [2.75, 3.05) is 0 Å². The maximum Gasteiger partial charge on any atom is 0.312 e. The zero-order valence-electron chi connectivity index (χ0n) is 15.5. The normalized spacial score (nSPS) is 15.6. The highest BCUT2D eigenvalue weighted by atomic mass is 16.5. The second kappa shape index (κ2) is 6.73. The minimum Gasteiger partial charge on any atom is -0.508 e. The Labute approximate surface area is 169 Å². The van der Waals surface area contributed by atoms with Gasteiger partial charge < -0.3 is 19.4 Å². The Kier molecular flexibility index (Phi) is 4.03. The lowest BCUT2D eigenvalue weighted by Crippen LogP contribution is -2.22. The lowest BCUT2D eigenvalue weighted by molar-refractivity contribution is -0.135. The van der Waals surface area contributed by atoms with E-state index < -0.39 is 17.3 Å². The number of hydrogen-bond acceptors (Lipinski definition) is 7. The number of rotatable bonds is 2. The minimum absolute atomic E-state index is 0.0216. The number of nitrogens with zero attached hydrogens (tertiary/aromatic N) is 1. The van der Waals surface area contributed by atoms with E-state index in [1.807, 2.05) is 0 Å². The summed E-state index contributed by atoms with van der Waals surface area (Å²) in [5.41, 5.74) is 1.65. The Morgan fingerprint density at radius 3 is 2.43 bits per heavy atom. The Morgan fingerprint density at radius 1 is 0.967 bits per heavy atom. The number of benzene rings is 2. The van der Waals surface area contributed by atoms with Crippen LogP contribution in [0.25, 0.3) is 22.3 Å². The summed E-state index contributed by atoms with van der Waals surface area (Å²) in [6.45, 7) is 0. The van der Waals surface area contributed by atoms with Crippen molar-refractivity contribution in [2.45, 2.75) is 12.3 Å². The molecule has 0 unspecified atom stereocenters. The summed E-state index contributed by atoms with van der Waals surface area (Å²) in [4.78, 5) is 29.1. The first-order valence-electron chi connectivity index (χ1n) is 9.25. The summed E-state index contributed by atoms with van der Waals surface area (Å²) in [5, 5.41) is 20.0. The number of carbonyl (C=O) groups excluding carboxylic acids is 1. The second-order valence-corrected chi connectivity index (χ2v) is 7.04. The molecule has 1 atom stereocenters. The van der Waals surface area contributed by atoms with Gasteiger partial charge in [-0.1, -0.05) is 0 Å². The summed E-state index contributed by atoms with van der Waals surface area (Å²) in [5.74, 6) is -0.681. The van der Waals surface area contributed by atoms with E-state index in [1.54, 1.807) is 36.7 Å². The molecule has 7 nitrogen and oxygen atoms in total. The third-order valence-corrected chi connectivity index (χ3v) is 5.19. The van der Waals surface area contributed by atoms with Crippen molar-refractivity contribution >= 4 is 16.9 Å². The largest absolute Gasteiger partial charge is 0.508 e. The number of aromatic hydroxyl groups is 2. The van der Waals surface area contributed by atoms with Gasteiger partial charge >= 0.3 is 5.97 Å². The molecule has 5 rings (SSSR count). The van der Waals surface area contributed by atoms with Crippen molar-refractivity contribution < 1.29 is 24.2 Å². The maximum atomic E-state index is 12.9. The van der Waals surface area contributed by atoms with Crippen LogP contribution in [0.4, 0.5) is 0 Å². The van der Waals surface area contributed by atoms with Gasteiger partial charge in [-0.25, -0.2) is 0 Å². The molecule has 0 radical (unpaired) electrons. The number of carbonyl (C=O) groups is 1. The van der Waals surface area contributed by atoms with Crippen molar-refractivity contribution in [2.24, 2.45) is 0 Å². The number of fused-ring (bicyclic) bond motifs is 3.